The van der Waals surface area contributed by atoms with Gasteiger partial charge in [-0.25, -0.2) is 4.79 Å². The number of rotatable bonds is 5. The molecule has 0 radical (unpaired) electrons. The number of carboxylic acids is 1. The second kappa shape index (κ2) is 4.38. The molecule has 64 valence electrons. The Morgan fingerprint density at radius 2 is 2.27 bits per heavy atom. The number of aliphatic carboxylic acids is 1. The second-order valence-corrected chi connectivity index (χ2v) is 2.78. The summed E-state index contributed by atoms with van der Waals surface area (Å²) in [4.78, 5) is 10.2. The van der Waals surface area contributed by atoms with Gasteiger partial charge >= 0.3 is 20.0 Å². The van der Waals surface area contributed by atoms with E-state index in [1.807, 2.05) is 0 Å². The lowest BCUT2D eigenvalue weighted by Crippen LogP contribution is -2.35. The highest BCUT2D eigenvalue weighted by molar-refractivity contribution is 7.27. The van der Waals surface area contributed by atoms with Gasteiger partial charge in [-0.15, -0.1) is 0 Å². The largest absolute Gasteiger partial charge is 0.474 e. The molecule has 0 heterocycles. The molecule has 2 N–H and O–H groups in total. The molecule has 11 heavy (non-hydrogen) atoms. The van der Waals surface area contributed by atoms with E-state index in [1.54, 1.807) is 6.92 Å². The molecule has 5 nitrogen and oxygen atoms in total. The minimum Gasteiger partial charge on any atom is -0.474 e. The first kappa shape index (κ1) is 10.5. The molecule has 0 aliphatic rings. The van der Waals surface area contributed by atoms with Crippen molar-refractivity contribution in [2.24, 2.45) is 0 Å². The number of hydrogen-bond acceptors (Lipinski definition) is 4. The first-order valence-corrected chi connectivity index (χ1v) is 3.96. The first-order valence-electron chi connectivity index (χ1n) is 3.06. The summed E-state index contributed by atoms with van der Waals surface area (Å²) in [5.74, 6) is -1.63. The monoisotopic (exact) mass is 181 g/mol. The van der Waals surface area contributed by atoms with Crippen LogP contribution in [0, 0.1) is 0 Å². The van der Waals surface area contributed by atoms with Gasteiger partial charge in [0.05, 0.1) is 6.61 Å². The predicted octanol–water partition coefficient (Wildman–Crippen LogP) is 0.168. The summed E-state index contributed by atoms with van der Waals surface area (Å²) in [5, 5.41) is 17.2. The molecule has 0 aromatic carbocycles. The Morgan fingerprint density at radius 3 is 2.55 bits per heavy atom. The summed E-state index contributed by atoms with van der Waals surface area (Å²) in [6.07, 6.45) is 0.556. The van der Waals surface area contributed by atoms with Crippen LogP contribution < -0.4 is 0 Å². The van der Waals surface area contributed by atoms with Gasteiger partial charge in [0.25, 0.3) is 0 Å². The van der Waals surface area contributed by atoms with Crippen LogP contribution in [0.15, 0.2) is 0 Å². The number of carboxylic acid groups (broad SMARTS) is 1. The molecular weight excluding hydrogens is 171 g/mol. The van der Waals surface area contributed by atoms with Crippen molar-refractivity contribution in [2.75, 3.05) is 6.61 Å². The van der Waals surface area contributed by atoms with Crippen molar-refractivity contribution in [1.82, 2.24) is 0 Å². The first-order chi connectivity index (χ1) is 5.06. The van der Waals surface area contributed by atoms with Crippen molar-refractivity contribution in [3.63, 3.8) is 0 Å². The van der Waals surface area contributed by atoms with Crippen molar-refractivity contribution in [2.45, 2.75) is 18.9 Å². The van der Waals surface area contributed by atoms with Gasteiger partial charge in [0.2, 0.25) is 0 Å². The third-order valence-electron chi connectivity index (χ3n) is 0.943. The minimum atomic E-state index is -2.52. The molecule has 0 fully saturated rings. The smallest absolute Gasteiger partial charge is 0.470 e. The molecule has 0 aromatic heterocycles. The topological polar surface area (TPSA) is 83.8 Å². The lowest BCUT2D eigenvalue weighted by atomic mass is 10.5. The van der Waals surface area contributed by atoms with Crippen molar-refractivity contribution in [3.05, 3.63) is 0 Å². The van der Waals surface area contributed by atoms with Crippen LogP contribution in [-0.4, -0.2) is 28.3 Å². The molecule has 0 rings (SSSR count). The van der Waals surface area contributed by atoms with Crippen molar-refractivity contribution in [3.8, 4) is 0 Å². The zero-order chi connectivity index (χ0) is 8.91. The summed E-state index contributed by atoms with van der Waals surface area (Å²) in [6, 6.07) is 0. The Hall–Kier alpha value is -0.510. The summed E-state index contributed by atoms with van der Waals surface area (Å²) in [6.45, 7) is 1.81. The van der Waals surface area contributed by atoms with Crippen LogP contribution in [0.5, 0.6) is 0 Å². The Kier molecular flexibility index (Phi) is 4.18. The van der Waals surface area contributed by atoms with E-state index in [0.29, 0.717) is 6.42 Å². The van der Waals surface area contributed by atoms with Crippen LogP contribution in [0.25, 0.3) is 0 Å². The van der Waals surface area contributed by atoms with Crippen LogP contribution in [0.1, 0.15) is 13.3 Å². The standard InChI is InChI=1S/C5H9O5P/c1-2-3-10-5(8,11-9)4(6)7/h8H,2-3H2,1H3,(H,6,7)/p+1. The quantitative estimate of drug-likeness (QED) is 0.466. The number of ether oxygens (including phenoxy) is 1. The van der Waals surface area contributed by atoms with E-state index in [-0.39, 0.29) is 6.61 Å². The van der Waals surface area contributed by atoms with Gasteiger partial charge in [0, 0.05) is 0 Å². The third-order valence-corrected chi connectivity index (χ3v) is 1.58. The zero-order valence-corrected chi connectivity index (χ0v) is 7.03. The lowest BCUT2D eigenvalue weighted by molar-refractivity contribution is -0.189. The Balaban J connectivity index is 4.10. The van der Waals surface area contributed by atoms with Crippen LogP contribution in [0.2, 0.25) is 0 Å². The van der Waals surface area contributed by atoms with Gasteiger partial charge in [-0.1, -0.05) is 11.5 Å². The highest BCUT2D eigenvalue weighted by Gasteiger charge is 2.47. The van der Waals surface area contributed by atoms with Crippen molar-refractivity contribution < 1.29 is 24.3 Å². The van der Waals surface area contributed by atoms with Crippen molar-refractivity contribution >= 4 is 14.4 Å². The van der Waals surface area contributed by atoms with Crippen LogP contribution >= 0.6 is 8.46 Å². The summed E-state index contributed by atoms with van der Waals surface area (Å²) >= 11 is 0. The molecule has 0 amide bonds. The molecule has 6 heteroatoms. The molecule has 2 unspecified atom stereocenters. The highest BCUT2D eigenvalue weighted by Crippen LogP contribution is 2.21. The maximum absolute atomic E-state index is 10.2. The molecular formula is C5H10O5P+. The van der Waals surface area contributed by atoms with Crippen molar-refractivity contribution in [1.29, 1.82) is 0 Å². The van der Waals surface area contributed by atoms with Gasteiger partial charge < -0.3 is 14.9 Å². The molecule has 0 aliphatic carbocycles. The molecule has 0 saturated carbocycles. The summed E-state index contributed by atoms with van der Waals surface area (Å²) < 4.78 is 14.6. The average Bonchev–Trinajstić information content (AvgIpc) is 2.00. The summed E-state index contributed by atoms with van der Waals surface area (Å²) in [7, 11) is -1.42. The van der Waals surface area contributed by atoms with Gasteiger partial charge in [-0.05, 0) is 6.42 Å². The Bertz CT molecular complexity index is 159. The second-order valence-electron chi connectivity index (χ2n) is 1.90. The van der Waals surface area contributed by atoms with E-state index < -0.39 is 20.0 Å². The van der Waals surface area contributed by atoms with E-state index in [1.165, 1.54) is 0 Å². The fourth-order valence-electron chi connectivity index (χ4n) is 0.385. The number of carbonyl (C=O) groups is 1. The van der Waals surface area contributed by atoms with Crippen LogP contribution in [0.4, 0.5) is 0 Å². The van der Waals surface area contributed by atoms with Gasteiger partial charge in [0.1, 0.15) is 0 Å². The molecule has 2 atom stereocenters. The number of hydrogen-bond donors (Lipinski definition) is 2. The lowest BCUT2D eigenvalue weighted by Gasteiger charge is -2.08. The van der Waals surface area contributed by atoms with Gasteiger partial charge in [0.15, 0.2) is 0 Å². The fraction of sp³-hybridized carbons (Fsp3) is 0.800. The molecule has 0 spiro atoms. The average molecular weight is 181 g/mol. The van der Waals surface area contributed by atoms with Crippen LogP contribution in [-0.2, 0) is 14.1 Å². The van der Waals surface area contributed by atoms with Gasteiger partial charge in [-0.3, -0.25) is 0 Å². The normalized spacial score (nSPS) is 16.2. The van der Waals surface area contributed by atoms with E-state index in [9.17, 15) is 9.36 Å². The Morgan fingerprint density at radius 1 is 1.73 bits per heavy atom. The minimum absolute atomic E-state index is 0.0675. The summed E-state index contributed by atoms with van der Waals surface area (Å²) in [5.41, 5.74) is -2.52. The molecule has 0 aliphatic heterocycles. The van der Waals surface area contributed by atoms with Crippen LogP contribution in [0.3, 0.4) is 0 Å². The fourth-order valence-corrected chi connectivity index (χ4v) is 0.633. The van der Waals surface area contributed by atoms with E-state index in [4.69, 9.17) is 10.2 Å². The van der Waals surface area contributed by atoms with E-state index in [0.717, 1.165) is 0 Å². The van der Waals surface area contributed by atoms with E-state index >= 15 is 0 Å². The zero-order valence-electron chi connectivity index (χ0n) is 6.03. The third kappa shape index (κ3) is 2.93. The SMILES string of the molecule is CCCOC(O)([PH+]=O)C(=O)O. The molecule has 0 bridgehead atoms. The Labute approximate surface area is 65.2 Å². The van der Waals surface area contributed by atoms with E-state index in [2.05, 4.69) is 4.74 Å². The maximum atomic E-state index is 10.2. The van der Waals surface area contributed by atoms with Gasteiger partial charge in [-0.2, -0.15) is 0 Å². The number of aliphatic hydroxyl groups is 1. The predicted molar refractivity (Wildman–Crippen MR) is 37.8 cm³/mol. The highest BCUT2D eigenvalue weighted by atomic mass is 31.1. The molecule has 0 saturated heterocycles. The molecule has 0 aromatic rings. The maximum Gasteiger partial charge on any atom is 0.470 e.